The van der Waals surface area contributed by atoms with Gasteiger partial charge in [0.1, 0.15) is 11.9 Å². The molecule has 0 saturated carbocycles. The summed E-state index contributed by atoms with van der Waals surface area (Å²) in [5, 5.41) is 4.40. The number of hydrogen-bond donors (Lipinski definition) is 0. The Bertz CT molecular complexity index is 940. The molecule has 1 amide bonds. The smallest absolute Gasteiger partial charge is 0.410 e. The predicted octanol–water partition coefficient (Wildman–Crippen LogP) is 2.01. The number of likely N-dealkylation sites (tertiary alicyclic amines) is 1. The first-order valence-corrected chi connectivity index (χ1v) is 10.7. The van der Waals surface area contributed by atoms with Crippen LogP contribution >= 0.6 is 0 Å². The van der Waals surface area contributed by atoms with E-state index in [0.29, 0.717) is 0 Å². The zero-order valence-corrected chi connectivity index (χ0v) is 18.0. The van der Waals surface area contributed by atoms with Gasteiger partial charge in [0, 0.05) is 44.7 Å². The van der Waals surface area contributed by atoms with Crippen LogP contribution in [0.25, 0.3) is 5.65 Å². The van der Waals surface area contributed by atoms with E-state index in [1.165, 1.54) is 0 Å². The molecule has 162 valence electrons. The van der Waals surface area contributed by atoms with Gasteiger partial charge in [-0.2, -0.15) is 5.10 Å². The summed E-state index contributed by atoms with van der Waals surface area (Å²) < 4.78 is 12.9. The molecule has 9 heteroatoms. The molecule has 0 unspecified atom stereocenters. The lowest BCUT2D eigenvalue weighted by Crippen LogP contribution is -2.60. The van der Waals surface area contributed by atoms with Gasteiger partial charge in [-0.05, 0) is 33.3 Å². The second kappa shape index (κ2) is 7.01. The molecule has 1 spiro atoms. The van der Waals surface area contributed by atoms with E-state index in [4.69, 9.17) is 9.47 Å². The van der Waals surface area contributed by atoms with Crippen LogP contribution in [-0.4, -0.2) is 83.7 Å². The van der Waals surface area contributed by atoms with Crippen molar-refractivity contribution in [3.05, 3.63) is 18.6 Å². The maximum Gasteiger partial charge on any atom is 0.410 e. The van der Waals surface area contributed by atoms with Crippen molar-refractivity contribution >= 4 is 23.1 Å². The molecule has 0 aromatic carbocycles. The van der Waals surface area contributed by atoms with Crippen LogP contribution in [-0.2, 0) is 9.47 Å². The number of rotatable bonds is 2. The van der Waals surface area contributed by atoms with Gasteiger partial charge in [0.15, 0.2) is 5.65 Å². The summed E-state index contributed by atoms with van der Waals surface area (Å²) in [6.07, 6.45) is 4.55. The summed E-state index contributed by atoms with van der Waals surface area (Å²) in [6.45, 7) is 12.4. The van der Waals surface area contributed by atoms with Crippen molar-refractivity contribution in [2.75, 3.05) is 62.3 Å². The monoisotopic (exact) mass is 414 g/mol. The lowest BCUT2D eigenvalue weighted by molar-refractivity contribution is -0.0266. The van der Waals surface area contributed by atoms with Crippen molar-refractivity contribution in [2.45, 2.75) is 32.8 Å². The molecule has 2 aromatic rings. The largest absolute Gasteiger partial charge is 0.444 e. The fourth-order valence-corrected chi connectivity index (χ4v) is 4.74. The van der Waals surface area contributed by atoms with Gasteiger partial charge < -0.3 is 24.2 Å². The van der Waals surface area contributed by atoms with Gasteiger partial charge in [0.05, 0.1) is 30.8 Å². The molecule has 0 aliphatic carbocycles. The second-order valence-electron chi connectivity index (χ2n) is 9.72. The van der Waals surface area contributed by atoms with Crippen LogP contribution in [0.2, 0.25) is 0 Å². The molecule has 0 N–H and O–H groups in total. The minimum atomic E-state index is -0.454. The molecule has 9 nitrogen and oxygen atoms in total. The Balaban J connectivity index is 1.31. The average molecular weight is 415 g/mol. The van der Waals surface area contributed by atoms with Crippen molar-refractivity contribution in [3.8, 4) is 0 Å². The summed E-state index contributed by atoms with van der Waals surface area (Å²) in [5.74, 6) is 0. The van der Waals surface area contributed by atoms with Crippen LogP contribution in [0.5, 0.6) is 0 Å². The van der Waals surface area contributed by atoms with Crippen molar-refractivity contribution in [2.24, 2.45) is 5.41 Å². The quantitative estimate of drug-likeness (QED) is 0.744. The normalized spacial score (nSPS) is 21.4. The summed E-state index contributed by atoms with van der Waals surface area (Å²) in [5.41, 5.74) is 2.85. The van der Waals surface area contributed by atoms with Crippen molar-refractivity contribution in [1.29, 1.82) is 0 Å². The Morgan fingerprint density at radius 2 is 1.90 bits per heavy atom. The predicted molar refractivity (Wildman–Crippen MR) is 113 cm³/mol. The first kappa shape index (κ1) is 19.4. The maximum absolute atomic E-state index is 12.3. The number of nitrogens with zero attached hydrogens (tertiary/aromatic N) is 6. The third kappa shape index (κ3) is 3.55. The lowest BCUT2D eigenvalue weighted by atomic mass is 9.79. The van der Waals surface area contributed by atoms with E-state index >= 15 is 0 Å². The maximum atomic E-state index is 12.3. The molecule has 2 aromatic heterocycles. The number of carbonyl (C=O) groups is 1. The van der Waals surface area contributed by atoms with Gasteiger partial charge in [-0.3, -0.25) is 0 Å². The minimum Gasteiger partial charge on any atom is -0.444 e. The van der Waals surface area contributed by atoms with E-state index in [1.54, 1.807) is 6.33 Å². The van der Waals surface area contributed by atoms with Gasteiger partial charge in [0.2, 0.25) is 0 Å². The highest BCUT2D eigenvalue weighted by Gasteiger charge is 2.50. The fourth-order valence-electron chi connectivity index (χ4n) is 4.74. The Morgan fingerprint density at radius 1 is 1.13 bits per heavy atom. The zero-order valence-electron chi connectivity index (χ0n) is 18.0. The summed E-state index contributed by atoms with van der Waals surface area (Å²) in [4.78, 5) is 23.4. The number of pyridine rings is 1. The summed E-state index contributed by atoms with van der Waals surface area (Å²) >= 11 is 0. The van der Waals surface area contributed by atoms with Crippen LogP contribution in [0.4, 0.5) is 16.2 Å². The highest BCUT2D eigenvalue weighted by Crippen LogP contribution is 2.42. The molecule has 0 bridgehead atoms. The molecule has 3 aliphatic rings. The molecule has 5 heterocycles. The molecule has 3 aliphatic heterocycles. The first-order chi connectivity index (χ1) is 14.3. The van der Waals surface area contributed by atoms with Gasteiger partial charge in [-0.15, -0.1) is 0 Å². The van der Waals surface area contributed by atoms with E-state index in [2.05, 4.69) is 32.1 Å². The van der Waals surface area contributed by atoms with E-state index in [0.717, 1.165) is 75.9 Å². The summed E-state index contributed by atoms with van der Waals surface area (Å²) in [6, 6.07) is 2.23. The van der Waals surface area contributed by atoms with Crippen LogP contribution in [0.15, 0.2) is 18.6 Å². The van der Waals surface area contributed by atoms with Gasteiger partial charge >= 0.3 is 6.09 Å². The number of ether oxygens (including phenoxy) is 2. The topological polar surface area (TPSA) is 75.4 Å². The number of anilines is 2. The molecule has 3 fully saturated rings. The fraction of sp³-hybridized carbons (Fsp3) is 0.667. The van der Waals surface area contributed by atoms with Gasteiger partial charge in [-0.1, -0.05) is 0 Å². The molecular weight excluding hydrogens is 384 g/mol. The number of aromatic nitrogens is 3. The molecule has 3 saturated heterocycles. The Labute approximate surface area is 176 Å². The van der Waals surface area contributed by atoms with Crippen LogP contribution < -0.4 is 9.80 Å². The number of carbonyl (C=O) groups excluding carboxylic acids is 1. The van der Waals surface area contributed by atoms with Gasteiger partial charge in [0.25, 0.3) is 0 Å². The van der Waals surface area contributed by atoms with Crippen molar-refractivity contribution < 1.29 is 14.3 Å². The van der Waals surface area contributed by atoms with Crippen LogP contribution in [0.3, 0.4) is 0 Å². The lowest BCUT2D eigenvalue weighted by Gasteiger charge is -2.47. The zero-order chi connectivity index (χ0) is 20.9. The third-order valence-electron chi connectivity index (χ3n) is 6.20. The average Bonchev–Trinajstić information content (AvgIpc) is 3.32. The molecule has 0 atom stereocenters. The number of hydrogen-bond acceptors (Lipinski definition) is 7. The van der Waals surface area contributed by atoms with E-state index in [-0.39, 0.29) is 11.5 Å². The van der Waals surface area contributed by atoms with Crippen molar-refractivity contribution in [1.82, 2.24) is 19.5 Å². The third-order valence-corrected chi connectivity index (χ3v) is 6.20. The van der Waals surface area contributed by atoms with E-state index < -0.39 is 5.60 Å². The van der Waals surface area contributed by atoms with Crippen molar-refractivity contribution in [3.63, 3.8) is 0 Å². The van der Waals surface area contributed by atoms with Gasteiger partial charge in [-0.25, -0.2) is 14.3 Å². The van der Waals surface area contributed by atoms with Crippen LogP contribution in [0, 0.1) is 5.41 Å². The minimum absolute atomic E-state index is 0.160. The second-order valence-corrected chi connectivity index (χ2v) is 9.72. The van der Waals surface area contributed by atoms with E-state index in [9.17, 15) is 4.79 Å². The molecule has 5 rings (SSSR count). The first-order valence-electron chi connectivity index (χ1n) is 10.7. The molecule has 0 radical (unpaired) electrons. The van der Waals surface area contributed by atoms with Crippen LogP contribution in [0.1, 0.15) is 27.2 Å². The van der Waals surface area contributed by atoms with E-state index in [1.807, 2.05) is 30.2 Å². The Morgan fingerprint density at radius 3 is 2.63 bits per heavy atom. The highest BCUT2D eigenvalue weighted by molar-refractivity contribution is 5.74. The Hall–Kier alpha value is -2.55. The molecule has 30 heavy (non-hydrogen) atoms. The number of amides is 1. The summed E-state index contributed by atoms with van der Waals surface area (Å²) in [7, 11) is 0. The Kier molecular flexibility index (Phi) is 4.53. The highest BCUT2D eigenvalue weighted by atomic mass is 16.6. The SMILES string of the molecule is CC(C)(C)OC(=O)N1CC2(CCN(c3cc(N4CCOCC4)c4ncnn4c3)C2)C1. The molecular formula is C21H30N6O3. The number of fused-ring (bicyclic) bond motifs is 1. The standard InChI is InChI=1S/C21H30N6O3/c1-20(2,3)30-19(28)26-13-21(14-26)4-5-25(12-21)16-10-17(24-6-8-29-9-7-24)18-22-15-23-27(18)11-16/h10-11,15H,4-9,12-14H2,1-3H3. The number of morpholine rings is 1.